The molecule has 0 aromatic heterocycles. The Kier molecular flexibility index (Phi) is 6.41. The van der Waals surface area contributed by atoms with E-state index in [2.05, 4.69) is 23.9 Å². The number of likely N-dealkylation sites (N-methyl/N-ethyl adjacent to an activating group) is 2. The molecule has 0 saturated carbocycles. The van der Waals surface area contributed by atoms with Gasteiger partial charge in [0.05, 0.1) is 18.8 Å². The van der Waals surface area contributed by atoms with Crippen LogP contribution < -0.4 is 0 Å². The highest BCUT2D eigenvalue weighted by atomic mass is 16.5. The van der Waals surface area contributed by atoms with Crippen LogP contribution in [-0.2, 0) is 4.74 Å². The molecule has 1 aliphatic heterocycles. The van der Waals surface area contributed by atoms with Gasteiger partial charge in [-0.2, -0.15) is 0 Å². The van der Waals surface area contributed by atoms with Crippen molar-refractivity contribution >= 4 is 0 Å². The molecule has 1 aliphatic rings. The van der Waals surface area contributed by atoms with Gasteiger partial charge in [0.15, 0.2) is 0 Å². The highest BCUT2D eigenvalue weighted by Gasteiger charge is 2.22. The Hall–Kier alpha value is -0.160. The van der Waals surface area contributed by atoms with E-state index in [1.54, 1.807) is 0 Å². The van der Waals surface area contributed by atoms with Gasteiger partial charge in [0.2, 0.25) is 0 Å². The maximum Gasteiger partial charge on any atom is 0.0900 e. The van der Waals surface area contributed by atoms with Crippen LogP contribution in [0.3, 0.4) is 0 Å². The molecule has 0 aliphatic carbocycles. The lowest BCUT2D eigenvalue weighted by Gasteiger charge is -2.36. The lowest BCUT2D eigenvalue weighted by molar-refractivity contribution is -0.0142. The van der Waals surface area contributed by atoms with Gasteiger partial charge >= 0.3 is 0 Å². The van der Waals surface area contributed by atoms with Crippen molar-refractivity contribution in [3.8, 4) is 0 Å². The van der Waals surface area contributed by atoms with Crippen LogP contribution in [0, 0.1) is 0 Å². The summed E-state index contributed by atoms with van der Waals surface area (Å²) in [7, 11) is 4.26. The summed E-state index contributed by atoms with van der Waals surface area (Å²) in [6.45, 7) is 7.42. The predicted molar refractivity (Wildman–Crippen MR) is 70.2 cm³/mol. The quantitative estimate of drug-likeness (QED) is 0.750. The molecule has 1 rings (SSSR count). The zero-order chi connectivity index (χ0) is 12.8. The van der Waals surface area contributed by atoms with Gasteiger partial charge in [-0.05, 0) is 47.3 Å². The third-order valence-corrected chi connectivity index (χ3v) is 3.34. The molecule has 1 saturated heterocycles. The molecule has 1 heterocycles. The molecular weight excluding hydrogens is 216 g/mol. The second kappa shape index (κ2) is 7.31. The summed E-state index contributed by atoms with van der Waals surface area (Å²) in [4.78, 5) is 4.63. The fourth-order valence-electron chi connectivity index (χ4n) is 2.34. The van der Waals surface area contributed by atoms with Gasteiger partial charge in [-0.1, -0.05) is 0 Å². The Balaban J connectivity index is 2.24. The monoisotopic (exact) mass is 244 g/mol. The lowest BCUT2D eigenvalue weighted by Crippen LogP contribution is -2.47. The van der Waals surface area contributed by atoms with Crippen molar-refractivity contribution in [1.82, 2.24) is 9.80 Å². The van der Waals surface area contributed by atoms with E-state index in [0.717, 1.165) is 6.54 Å². The van der Waals surface area contributed by atoms with Crippen LogP contribution in [0.1, 0.15) is 26.7 Å². The van der Waals surface area contributed by atoms with E-state index in [1.807, 2.05) is 13.8 Å². The number of aliphatic hydroxyl groups is 1. The molecule has 2 atom stereocenters. The van der Waals surface area contributed by atoms with E-state index >= 15 is 0 Å². The van der Waals surface area contributed by atoms with Gasteiger partial charge in [-0.15, -0.1) is 0 Å². The summed E-state index contributed by atoms with van der Waals surface area (Å²) in [5.41, 5.74) is 0. The second-order valence-corrected chi connectivity index (χ2v) is 5.53. The molecule has 0 spiro atoms. The van der Waals surface area contributed by atoms with Gasteiger partial charge in [0, 0.05) is 19.1 Å². The number of hydrogen-bond donors (Lipinski definition) is 1. The van der Waals surface area contributed by atoms with Crippen LogP contribution in [0.15, 0.2) is 0 Å². The Morgan fingerprint density at radius 2 is 2.18 bits per heavy atom. The molecule has 0 amide bonds. The maximum absolute atomic E-state index is 9.88. The fraction of sp³-hybridized carbons (Fsp3) is 1.00. The molecule has 17 heavy (non-hydrogen) atoms. The van der Waals surface area contributed by atoms with E-state index in [-0.39, 0.29) is 12.2 Å². The molecule has 0 aromatic carbocycles. The van der Waals surface area contributed by atoms with Crippen LogP contribution in [0.2, 0.25) is 0 Å². The standard InChI is InChI=1S/C13H28N2O2/c1-11(2)17-10-13(16)9-15(4)12-6-5-7-14(3)8-12/h11-13,16H,5-10H2,1-4H3. The van der Waals surface area contributed by atoms with Crippen molar-refractivity contribution in [1.29, 1.82) is 0 Å². The van der Waals surface area contributed by atoms with Gasteiger partial charge in [0.1, 0.15) is 0 Å². The van der Waals surface area contributed by atoms with Gasteiger partial charge in [-0.3, -0.25) is 4.90 Å². The van der Waals surface area contributed by atoms with E-state index in [9.17, 15) is 5.11 Å². The van der Waals surface area contributed by atoms with Crippen molar-refractivity contribution in [2.24, 2.45) is 0 Å². The molecule has 0 aromatic rings. The minimum atomic E-state index is -0.380. The fourth-order valence-corrected chi connectivity index (χ4v) is 2.34. The number of nitrogens with zero attached hydrogens (tertiary/aromatic N) is 2. The molecule has 4 nitrogen and oxygen atoms in total. The Labute approximate surface area is 106 Å². The van der Waals surface area contributed by atoms with E-state index in [0.29, 0.717) is 19.2 Å². The summed E-state index contributed by atoms with van der Waals surface area (Å²) in [6, 6.07) is 0.572. The number of rotatable bonds is 6. The minimum Gasteiger partial charge on any atom is -0.389 e. The van der Waals surface area contributed by atoms with Crippen LogP contribution in [-0.4, -0.2) is 73.5 Å². The van der Waals surface area contributed by atoms with E-state index < -0.39 is 0 Å². The molecule has 1 N–H and O–H groups in total. The zero-order valence-electron chi connectivity index (χ0n) is 11.7. The Morgan fingerprint density at radius 3 is 2.76 bits per heavy atom. The summed E-state index contributed by atoms with van der Waals surface area (Å²) >= 11 is 0. The van der Waals surface area contributed by atoms with Gasteiger partial charge in [0.25, 0.3) is 0 Å². The lowest BCUT2D eigenvalue weighted by atomic mass is 10.0. The van der Waals surface area contributed by atoms with Crippen LogP contribution >= 0.6 is 0 Å². The summed E-state index contributed by atoms with van der Waals surface area (Å²) in [5, 5.41) is 9.88. The van der Waals surface area contributed by atoms with Crippen LogP contribution in [0.5, 0.6) is 0 Å². The smallest absolute Gasteiger partial charge is 0.0900 e. The molecule has 0 radical (unpaired) electrons. The molecule has 2 unspecified atom stereocenters. The number of hydrogen-bond acceptors (Lipinski definition) is 4. The molecule has 1 fully saturated rings. The van der Waals surface area contributed by atoms with Crippen molar-refractivity contribution in [2.45, 2.75) is 44.9 Å². The molecule has 4 heteroatoms. The van der Waals surface area contributed by atoms with E-state index in [1.165, 1.54) is 19.4 Å². The Bertz CT molecular complexity index is 212. The van der Waals surface area contributed by atoms with Crippen LogP contribution in [0.25, 0.3) is 0 Å². The summed E-state index contributed by atoms with van der Waals surface area (Å²) < 4.78 is 5.43. The van der Waals surface area contributed by atoms with Crippen molar-refractivity contribution in [3.63, 3.8) is 0 Å². The average molecular weight is 244 g/mol. The first-order chi connectivity index (χ1) is 7.99. The first-order valence-electron chi connectivity index (χ1n) is 6.67. The summed E-state index contributed by atoms with van der Waals surface area (Å²) in [6.07, 6.45) is 2.30. The molecule has 0 bridgehead atoms. The summed E-state index contributed by atoms with van der Waals surface area (Å²) in [5.74, 6) is 0. The number of aliphatic hydroxyl groups excluding tert-OH is 1. The number of piperidine rings is 1. The number of likely N-dealkylation sites (tertiary alicyclic amines) is 1. The first kappa shape index (κ1) is 14.9. The first-order valence-corrected chi connectivity index (χ1v) is 6.67. The predicted octanol–water partition coefficient (Wildman–Crippen LogP) is 0.798. The van der Waals surface area contributed by atoms with Crippen molar-refractivity contribution in [2.75, 3.05) is 40.3 Å². The van der Waals surface area contributed by atoms with Crippen molar-refractivity contribution < 1.29 is 9.84 Å². The number of ether oxygens (including phenoxy) is 1. The topological polar surface area (TPSA) is 35.9 Å². The Morgan fingerprint density at radius 1 is 1.47 bits per heavy atom. The maximum atomic E-state index is 9.88. The third kappa shape index (κ3) is 5.82. The molecule has 102 valence electrons. The third-order valence-electron chi connectivity index (χ3n) is 3.34. The average Bonchev–Trinajstić information content (AvgIpc) is 2.26. The SMILES string of the molecule is CC(C)OCC(O)CN(C)C1CCCN(C)C1. The van der Waals surface area contributed by atoms with Gasteiger partial charge in [-0.25, -0.2) is 0 Å². The second-order valence-electron chi connectivity index (χ2n) is 5.53. The highest BCUT2D eigenvalue weighted by Crippen LogP contribution is 2.13. The van der Waals surface area contributed by atoms with Gasteiger partial charge < -0.3 is 14.7 Å². The highest BCUT2D eigenvalue weighted by molar-refractivity contribution is 4.78. The molecular formula is C13H28N2O2. The normalized spacial score (nSPS) is 24.5. The zero-order valence-corrected chi connectivity index (χ0v) is 11.7. The minimum absolute atomic E-state index is 0.191. The van der Waals surface area contributed by atoms with Crippen molar-refractivity contribution in [3.05, 3.63) is 0 Å². The van der Waals surface area contributed by atoms with Crippen LogP contribution in [0.4, 0.5) is 0 Å². The largest absolute Gasteiger partial charge is 0.389 e. The van der Waals surface area contributed by atoms with E-state index in [4.69, 9.17) is 4.74 Å².